The van der Waals surface area contributed by atoms with Crippen LogP contribution in [-0.4, -0.2) is 18.4 Å². The van der Waals surface area contributed by atoms with Crippen molar-refractivity contribution < 1.29 is 14.3 Å². The number of nitrogens with one attached hydrogen (secondary N) is 1. The number of aryl methyl sites for hydroxylation is 1. The van der Waals surface area contributed by atoms with Gasteiger partial charge in [0.05, 0.1) is 12.2 Å². The van der Waals surface area contributed by atoms with E-state index in [1.165, 1.54) is 12.0 Å². The summed E-state index contributed by atoms with van der Waals surface area (Å²) in [6.07, 6.45) is 5.37. The molecule has 0 bridgehead atoms. The first-order valence-corrected chi connectivity index (χ1v) is 10.0. The maximum atomic E-state index is 12.6. The van der Waals surface area contributed by atoms with E-state index in [0.29, 0.717) is 23.7 Å². The molecular formula is C23H26N2O3. The molecule has 146 valence electrons. The fraction of sp³-hybridized carbons (Fsp3) is 0.391. The summed E-state index contributed by atoms with van der Waals surface area (Å²) in [5.74, 6) is 0.755. The lowest BCUT2D eigenvalue weighted by atomic mass is 9.88. The SMILES string of the molecule is Cc1ccc(CN2C(=O)COc3ccc(NC(=O)C4CCCCC4)cc32)cc1. The topological polar surface area (TPSA) is 58.6 Å². The highest BCUT2D eigenvalue weighted by Crippen LogP contribution is 2.36. The number of rotatable bonds is 4. The van der Waals surface area contributed by atoms with Crippen molar-refractivity contribution in [3.8, 4) is 5.75 Å². The largest absolute Gasteiger partial charge is 0.482 e. The first kappa shape index (κ1) is 18.5. The van der Waals surface area contributed by atoms with E-state index in [4.69, 9.17) is 4.74 Å². The number of hydrogen-bond donors (Lipinski definition) is 1. The summed E-state index contributed by atoms with van der Waals surface area (Å²) in [5.41, 5.74) is 3.66. The van der Waals surface area contributed by atoms with Crippen LogP contribution in [0.15, 0.2) is 42.5 Å². The van der Waals surface area contributed by atoms with Gasteiger partial charge in [-0.15, -0.1) is 0 Å². The standard InChI is InChI=1S/C23H26N2O3/c1-16-7-9-17(10-8-16)14-25-20-13-19(11-12-21(20)28-15-22(25)26)24-23(27)18-5-3-2-4-6-18/h7-13,18H,2-6,14-15H2,1H3,(H,24,27). The fourth-order valence-electron chi connectivity index (χ4n) is 3.94. The molecule has 0 radical (unpaired) electrons. The fourth-order valence-corrected chi connectivity index (χ4v) is 3.94. The number of hydrogen-bond acceptors (Lipinski definition) is 3. The molecule has 2 amide bonds. The van der Waals surface area contributed by atoms with Crippen LogP contribution in [0.4, 0.5) is 11.4 Å². The molecule has 28 heavy (non-hydrogen) atoms. The van der Waals surface area contributed by atoms with Gasteiger partial charge in [0.2, 0.25) is 5.91 Å². The normalized spacial score (nSPS) is 17.0. The number of benzene rings is 2. The number of carbonyl (C=O) groups excluding carboxylic acids is 2. The summed E-state index contributed by atoms with van der Waals surface area (Å²) in [6, 6.07) is 13.7. The quantitative estimate of drug-likeness (QED) is 0.856. The van der Waals surface area contributed by atoms with Crippen molar-refractivity contribution in [1.82, 2.24) is 0 Å². The second kappa shape index (κ2) is 8.05. The summed E-state index contributed by atoms with van der Waals surface area (Å²) in [5, 5.41) is 3.04. The van der Waals surface area contributed by atoms with E-state index in [-0.39, 0.29) is 24.3 Å². The number of anilines is 2. The Hall–Kier alpha value is -2.82. The molecule has 1 aliphatic carbocycles. The van der Waals surface area contributed by atoms with Crippen molar-refractivity contribution in [2.75, 3.05) is 16.8 Å². The van der Waals surface area contributed by atoms with Gasteiger partial charge in [0, 0.05) is 11.6 Å². The number of fused-ring (bicyclic) bond motifs is 1. The van der Waals surface area contributed by atoms with Crippen molar-refractivity contribution >= 4 is 23.2 Å². The Balaban J connectivity index is 1.54. The molecule has 0 atom stereocenters. The molecular weight excluding hydrogens is 352 g/mol. The van der Waals surface area contributed by atoms with Gasteiger partial charge in [0.15, 0.2) is 6.61 Å². The molecule has 0 unspecified atom stereocenters. The van der Waals surface area contributed by atoms with Gasteiger partial charge in [-0.3, -0.25) is 9.59 Å². The van der Waals surface area contributed by atoms with Gasteiger partial charge in [-0.05, 0) is 43.5 Å². The highest BCUT2D eigenvalue weighted by Gasteiger charge is 2.27. The van der Waals surface area contributed by atoms with Crippen molar-refractivity contribution in [2.45, 2.75) is 45.6 Å². The molecule has 4 rings (SSSR count). The Morgan fingerprint density at radius 3 is 2.61 bits per heavy atom. The van der Waals surface area contributed by atoms with Crippen LogP contribution in [-0.2, 0) is 16.1 Å². The predicted octanol–water partition coefficient (Wildman–Crippen LogP) is 4.44. The maximum Gasteiger partial charge on any atom is 0.265 e. The molecule has 1 N–H and O–H groups in total. The Morgan fingerprint density at radius 1 is 1.11 bits per heavy atom. The van der Waals surface area contributed by atoms with Crippen LogP contribution in [0, 0.1) is 12.8 Å². The summed E-state index contributed by atoms with van der Waals surface area (Å²) < 4.78 is 5.60. The van der Waals surface area contributed by atoms with Crippen LogP contribution in [0.3, 0.4) is 0 Å². The van der Waals surface area contributed by atoms with Crippen molar-refractivity contribution in [1.29, 1.82) is 0 Å². The van der Waals surface area contributed by atoms with Crippen LogP contribution in [0.25, 0.3) is 0 Å². The lowest BCUT2D eigenvalue weighted by Crippen LogP contribution is -2.38. The van der Waals surface area contributed by atoms with Gasteiger partial charge in [-0.25, -0.2) is 0 Å². The molecule has 0 spiro atoms. The summed E-state index contributed by atoms with van der Waals surface area (Å²) in [6.45, 7) is 2.56. The maximum absolute atomic E-state index is 12.6. The van der Waals surface area contributed by atoms with Crippen LogP contribution in [0.1, 0.15) is 43.2 Å². The predicted molar refractivity (Wildman–Crippen MR) is 110 cm³/mol. The van der Waals surface area contributed by atoms with Crippen molar-refractivity contribution in [3.05, 3.63) is 53.6 Å². The van der Waals surface area contributed by atoms with E-state index < -0.39 is 0 Å². The van der Waals surface area contributed by atoms with Gasteiger partial charge < -0.3 is 15.0 Å². The van der Waals surface area contributed by atoms with E-state index in [1.807, 2.05) is 49.4 Å². The average molecular weight is 378 g/mol. The zero-order valence-corrected chi connectivity index (χ0v) is 16.2. The second-order valence-corrected chi connectivity index (χ2v) is 7.76. The van der Waals surface area contributed by atoms with Crippen LogP contribution < -0.4 is 15.0 Å². The van der Waals surface area contributed by atoms with E-state index in [0.717, 1.165) is 31.2 Å². The molecule has 2 aromatic carbocycles. The van der Waals surface area contributed by atoms with Crippen LogP contribution in [0.5, 0.6) is 5.75 Å². The third-order valence-electron chi connectivity index (χ3n) is 5.61. The first-order chi connectivity index (χ1) is 13.6. The van der Waals surface area contributed by atoms with Crippen molar-refractivity contribution in [2.24, 2.45) is 5.92 Å². The number of nitrogens with zero attached hydrogens (tertiary/aromatic N) is 1. The average Bonchev–Trinajstić information content (AvgIpc) is 2.72. The smallest absolute Gasteiger partial charge is 0.265 e. The number of ether oxygens (including phenoxy) is 1. The molecule has 2 aliphatic rings. The molecule has 1 fully saturated rings. The summed E-state index contributed by atoms with van der Waals surface area (Å²) in [7, 11) is 0. The van der Waals surface area contributed by atoms with Crippen LogP contribution >= 0.6 is 0 Å². The van der Waals surface area contributed by atoms with Gasteiger partial charge >= 0.3 is 0 Å². The minimum atomic E-state index is -0.0798. The van der Waals surface area contributed by atoms with Gasteiger partial charge in [0.25, 0.3) is 5.91 Å². The van der Waals surface area contributed by atoms with E-state index >= 15 is 0 Å². The van der Waals surface area contributed by atoms with Gasteiger partial charge in [0.1, 0.15) is 5.75 Å². The molecule has 1 saturated carbocycles. The first-order valence-electron chi connectivity index (χ1n) is 10.0. The molecule has 2 aromatic rings. The molecule has 5 nitrogen and oxygen atoms in total. The third kappa shape index (κ3) is 4.03. The minimum Gasteiger partial charge on any atom is -0.482 e. The minimum absolute atomic E-state index is 0.0344. The third-order valence-corrected chi connectivity index (χ3v) is 5.61. The Kier molecular flexibility index (Phi) is 5.33. The van der Waals surface area contributed by atoms with Crippen molar-refractivity contribution in [3.63, 3.8) is 0 Å². The monoisotopic (exact) mass is 378 g/mol. The summed E-state index contributed by atoms with van der Waals surface area (Å²) >= 11 is 0. The molecule has 0 aromatic heterocycles. The van der Waals surface area contributed by atoms with Crippen LogP contribution in [0.2, 0.25) is 0 Å². The molecule has 1 heterocycles. The lowest BCUT2D eigenvalue weighted by molar-refractivity contribution is -0.121. The summed E-state index contributed by atoms with van der Waals surface area (Å²) in [4.78, 5) is 26.8. The zero-order chi connectivity index (χ0) is 19.5. The Labute approximate surface area is 165 Å². The Bertz CT molecular complexity index is 870. The highest BCUT2D eigenvalue weighted by molar-refractivity contribution is 5.99. The zero-order valence-electron chi connectivity index (χ0n) is 16.2. The second-order valence-electron chi connectivity index (χ2n) is 7.76. The van der Waals surface area contributed by atoms with E-state index in [1.54, 1.807) is 4.90 Å². The van der Waals surface area contributed by atoms with E-state index in [9.17, 15) is 9.59 Å². The highest BCUT2D eigenvalue weighted by atomic mass is 16.5. The van der Waals surface area contributed by atoms with Gasteiger partial charge in [-0.1, -0.05) is 49.1 Å². The molecule has 0 saturated heterocycles. The van der Waals surface area contributed by atoms with Gasteiger partial charge in [-0.2, -0.15) is 0 Å². The Morgan fingerprint density at radius 2 is 1.86 bits per heavy atom. The molecule has 1 aliphatic heterocycles. The number of amides is 2. The lowest BCUT2D eigenvalue weighted by Gasteiger charge is -2.30. The van der Waals surface area contributed by atoms with E-state index in [2.05, 4.69) is 5.32 Å². The molecule has 5 heteroatoms. The number of carbonyl (C=O) groups is 2.